The van der Waals surface area contributed by atoms with Crippen LogP contribution in [0.4, 0.5) is 13.3 Å². The van der Waals surface area contributed by atoms with Gasteiger partial charge in [-0.15, -0.1) is 4.48 Å². The van der Waals surface area contributed by atoms with Crippen LogP contribution in [0.25, 0.3) is 0 Å². The Balaban J connectivity index is 3.37. The number of esters is 1. The molecule has 0 aromatic heterocycles. The molecule has 6 heteroatoms. The van der Waals surface area contributed by atoms with Gasteiger partial charge in [-0.25, -0.2) is 0 Å². The van der Waals surface area contributed by atoms with E-state index in [1.54, 1.807) is 0 Å². The molecular weight excluding hydrogens is 175 g/mol. The average molecular weight is 185 g/mol. The molecule has 0 N–H and O–H groups in total. The van der Waals surface area contributed by atoms with E-state index in [0.29, 0.717) is 0 Å². The van der Waals surface area contributed by atoms with Gasteiger partial charge in [-0.3, -0.25) is 4.79 Å². The summed E-state index contributed by atoms with van der Waals surface area (Å²) in [6.07, 6.45) is -0.0306. The first-order valence-corrected chi connectivity index (χ1v) is 3.35. The second kappa shape index (κ2) is 5.82. The number of methoxy groups -OCH3 is 1. The van der Waals surface area contributed by atoms with Gasteiger partial charge in [0.25, 0.3) is 0 Å². The topological polar surface area (TPSA) is 29.5 Å². The Morgan fingerprint density at radius 2 is 2.17 bits per heavy atom. The number of hydrogen-bond acceptors (Lipinski definition) is 3. The smallest absolute Gasteiger partial charge is 0.319 e. The lowest BCUT2D eigenvalue weighted by molar-refractivity contribution is -0.150. The van der Waals surface area contributed by atoms with Crippen molar-refractivity contribution in [3.8, 4) is 0 Å². The number of carbonyl (C=O) groups excluding carboxylic acids is 1. The predicted molar refractivity (Wildman–Crippen MR) is 35.1 cm³/mol. The van der Waals surface area contributed by atoms with E-state index in [4.69, 9.17) is 0 Å². The average Bonchev–Trinajstić information content (AvgIpc) is 2.03. The van der Waals surface area contributed by atoms with Crippen LogP contribution >= 0.6 is 0 Å². The molecule has 0 fully saturated rings. The van der Waals surface area contributed by atoms with Gasteiger partial charge in [0.15, 0.2) is 0 Å². The first-order chi connectivity index (χ1) is 5.57. The third-order valence-electron chi connectivity index (χ3n) is 1.19. The van der Waals surface area contributed by atoms with Crippen molar-refractivity contribution in [1.82, 2.24) is 5.12 Å². The van der Waals surface area contributed by atoms with E-state index in [1.807, 2.05) is 0 Å². The molecule has 12 heavy (non-hydrogen) atoms. The van der Waals surface area contributed by atoms with Crippen LogP contribution in [0.2, 0.25) is 0 Å². The third-order valence-corrected chi connectivity index (χ3v) is 1.19. The Morgan fingerprint density at radius 3 is 2.58 bits per heavy atom. The van der Waals surface area contributed by atoms with Crippen LogP contribution in [0.1, 0.15) is 12.8 Å². The number of rotatable bonds is 5. The summed E-state index contributed by atoms with van der Waals surface area (Å²) in [6.45, 7) is -3.59. The van der Waals surface area contributed by atoms with Crippen molar-refractivity contribution >= 4 is 5.97 Å². The summed E-state index contributed by atoms with van der Waals surface area (Å²) in [7, 11) is 1.18. The lowest BCUT2D eigenvalue weighted by Gasteiger charge is -2.08. The van der Waals surface area contributed by atoms with Crippen molar-refractivity contribution in [2.24, 2.45) is 0 Å². The fraction of sp³-hybridized carbons (Fsp3) is 0.833. The molecule has 0 heterocycles. The van der Waals surface area contributed by atoms with Crippen molar-refractivity contribution in [2.75, 3.05) is 13.7 Å². The van der Waals surface area contributed by atoms with Gasteiger partial charge in [0, 0.05) is 13.0 Å². The maximum atomic E-state index is 12.0. The summed E-state index contributed by atoms with van der Waals surface area (Å²) < 4.78 is 39.2. The van der Waals surface area contributed by atoms with Crippen molar-refractivity contribution in [1.29, 1.82) is 0 Å². The Labute approximate surface area is 68.0 Å². The normalized spacial score (nSPS) is 10.8. The summed E-state index contributed by atoms with van der Waals surface area (Å²) in [4.78, 5) is 10.4. The van der Waals surface area contributed by atoms with Gasteiger partial charge >= 0.3 is 12.5 Å². The maximum Gasteiger partial charge on any atom is 0.319 e. The quantitative estimate of drug-likeness (QED) is 0.368. The van der Waals surface area contributed by atoms with E-state index in [2.05, 4.69) is 4.74 Å². The van der Waals surface area contributed by atoms with Crippen molar-refractivity contribution in [3.63, 3.8) is 0 Å². The number of hydrogen-bond donors (Lipinski definition) is 0. The molecule has 0 saturated heterocycles. The Bertz CT molecular complexity index is 143. The van der Waals surface area contributed by atoms with Crippen LogP contribution < -0.4 is 0 Å². The Hall–Kier alpha value is -0.780. The highest BCUT2D eigenvalue weighted by molar-refractivity contribution is 5.68. The minimum Gasteiger partial charge on any atom is -0.469 e. The van der Waals surface area contributed by atoms with Crippen LogP contribution in [0, 0.1) is 0 Å². The fourth-order valence-electron chi connectivity index (χ4n) is 0.574. The molecule has 0 bridgehead atoms. The molecule has 0 aromatic carbocycles. The van der Waals surface area contributed by atoms with Crippen LogP contribution in [0.15, 0.2) is 0 Å². The van der Waals surface area contributed by atoms with Crippen molar-refractivity contribution < 1.29 is 22.8 Å². The molecule has 0 aliphatic carbocycles. The molecule has 0 atom stereocenters. The molecule has 0 aliphatic heterocycles. The third kappa shape index (κ3) is 4.95. The first kappa shape index (κ1) is 11.2. The maximum absolute atomic E-state index is 12.0. The molecule has 0 aliphatic rings. The van der Waals surface area contributed by atoms with Gasteiger partial charge in [0.05, 0.1) is 7.11 Å². The summed E-state index contributed by atoms with van der Waals surface area (Å²) in [5, 5.41) is -0.622. The minimum atomic E-state index is -3.12. The van der Waals surface area contributed by atoms with Crippen LogP contribution in [-0.4, -0.2) is 31.3 Å². The zero-order valence-electron chi connectivity index (χ0n) is 6.60. The predicted octanol–water partition coefficient (Wildman–Crippen LogP) is 1.35. The fourth-order valence-corrected chi connectivity index (χ4v) is 0.574. The largest absolute Gasteiger partial charge is 0.469 e. The Kier molecular flexibility index (Phi) is 5.44. The highest BCUT2D eigenvalue weighted by Gasteiger charge is 2.14. The Morgan fingerprint density at radius 1 is 1.58 bits per heavy atom. The van der Waals surface area contributed by atoms with E-state index in [1.165, 1.54) is 7.11 Å². The summed E-state index contributed by atoms with van der Waals surface area (Å²) in [5.74, 6) is -0.530. The van der Waals surface area contributed by atoms with E-state index in [0.717, 1.165) is 0 Å². The molecule has 0 aromatic rings. The van der Waals surface area contributed by atoms with Gasteiger partial charge in [0.2, 0.25) is 0 Å². The zero-order chi connectivity index (χ0) is 9.56. The molecule has 0 rings (SSSR count). The van der Waals surface area contributed by atoms with E-state index in [-0.39, 0.29) is 12.8 Å². The SMILES string of the molecule is COC(=O)CCCN(F)C(F)F. The molecule has 0 saturated carbocycles. The lowest BCUT2D eigenvalue weighted by atomic mass is 10.3. The highest BCUT2D eigenvalue weighted by Crippen LogP contribution is 2.05. The molecule has 0 amide bonds. The molecule has 0 radical (unpaired) electrons. The van der Waals surface area contributed by atoms with Crippen molar-refractivity contribution in [2.45, 2.75) is 19.4 Å². The summed E-state index contributed by atoms with van der Waals surface area (Å²) in [6, 6.07) is 0. The van der Waals surface area contributed by atoms with Gasteiger partial charge < -0.3 is 4.74 Å². The number of ether oxygens (including phenoxy) is 1. The van der Waals surface area contributed by atoms with Crippen LogP contribution in [0.5, 0.6) is 0 Å². The van der Waals surface area contributed by atoms with Crippen molar-refractivity contribution in [3.05, 3.63) is 0 Å². The molecule has 0 unspecified atom stereocenters. The van der Waals surface area contributed by atoms with Crippen LogP contribution in [-0.2, 0) is 9.53 Å². The van der Waals surface area contributed by atoms with Gasteiger partial charge in [-0.2, -0.15) is 8.78 Å². The summed E-state index contributed by atoms with van der Waals surface area (Å²) >= 11 is 0. The zero-order valence-corrected chi connectivity index (χ0v) is 6.60. The minimum absolute atomic E-state index is 0.0213. The number of carbonyl (C=O) groups is 1. The van der Waals surface area contributed by atoms with E-state index in [9.17, 15) is 18.1 Å². The number of nitrogens with zero attached hydrogens (tertiary/aromatic N) is 1. The van der Waals surface area contributed by atoms with Gasteiger partial charge in [-0.1, -0.05) is 5.12 Å². The second-order valence-electron chi connectivity index (χ2n) is 2.08. The highest BCUT2D eigenvalue weighted by atomic mass is 19.3. The standard InChI is InChI=1S/C6H10F3NO2/c1-12-5(11)3-2-4-10(9)6(7)8/h6H,2-4H2,1H3. The monoisotopic (exact) mass is 185 g/mol. The van der Waals surface area contributed by atoms with E-state index < -0.39 is 24.2 Å². The number of halogens is 3. The second-order valence-corrected chi connectivity index (χ2v) is 2.08. The molecule has 72 valence electrons. The molecule has 3 nitrogen and oxygen atoms in total. The van der Waals surface area contributed by atoms with Crippen LogP contribution in [0.3, 0.4) is 0 Å². The van der Waals surface area contributed by atoms with Gasteiger partial charge in [0.1, 0.15) is 0 Å². The van der Waals surface area contributed by atoms with Gasteiger partial charge in [-0.05, 0) is 6.42 Å². The van der Waals surface area contributed by atoms with E-state index >= 15 is 0 Å². The molecular formula is C6H10F3NO2. The summed E-state index contributed by atoms with van der Waals surface area (Å²) in [5.41, 5.74) is 0. The number of alkyl halides is 2. The first-order valence-electron chi connectivity index (χ1n) is 3.35. The molecule has 0 spiro atoms. The lowest BCUT2D eigenvalue weighted by Crippen LogP contribution is -2.21.